The van der Waals surface area contributed by atoms with Crippen molar-refractivity contribution in [2.75, 3.05) is 18.2 Å². The highest BCUT2D eigenvalue weighted by molar-refractivity contribution is 7.99. The van der Waals surface area contributed by atoms with Gasteiger partial charge in [0.15, 0.2) is 11.0 Å². The summed E-state index contributed by atoms with van der Waals surface area (Å²) in [5, 5.41) is 11.4. The van der Waals surface area contributed by atoms with Crippen molar-refractivity contribution in [2.45, 2.75) is 11.3 Å². The van der Waals surface area contributed by atoms with Gasteiger partial charge < -0.3 is 14.6 Å². The number of carbonyl (C=O) groups is 1. The quantitative estimate of drug-likeness (QED) is 0.535. The van der Waals surface area contributed by atoms with Crippen LogP contribution in [0.3, 0.4) is 0 Å². The average molecular weight is 457 g/mol. The van der Waals surface area contributed by atoms with Crippen molar-refractivity contribution in [3.05, 3.63) is 53.1 Å². The van der Waals surface area contributed by atoms with E-state index in [2.05, 4.69) is 15.5 Å². The summed E-state index contributed by atoms with van der Waals surface area (Å²) >= 11 is 7.10. The molecule has 3 rings (SSSR count). The smallest absolute Gasteiger partial charge is 0.418 e. The lowest BCUT2D eigenvalue weighted by Crippen LogP contribution is -2.18. The van der Waals surface area contributed by atoms with Gasteiger partial charge in [0, 0.05) is 12.1 Å². The molecule has 0 aliphatic heterocycles. The number of carbonyl (C=O) groups excluding carboxylic acids is 1. The van der Waals surface area contributed by atoms with Gasteiger partial charge in [0.25, 0.3) is 0 Å². The second kappa shape index (κ2) is 8.97. The number of methoxy groups -OCH3 is 1. The van der Waals surface area contributed by atoms with Gasteiger partial charge in [-0.2, -0.15) is 13.2 Å². The van der Waals surface area contributed by atoms with Crippen molar-refractivity contribution in [2.24, 2.45) is 7.05 Å². The first-order valence-electron chi connectivity index (χ1n) is 8.53. The SMILES string of the molecule is COc1ccc(Cl)cc1-c1nnc(SCC(=O)Nc2ccccc2C(F)(F)F)n1C. The molecule has 0 aliphatic rings. The number of nitrogens with zero attached hydrogens (tertiary/aromatic N) is 3. The van der Waals surface area contributed by atoms with Gasteiger partial charge >= 0.3 is 6.18 Å². The summed E-state index contributed by atoms with van der Waals surface area (Å²) in [6.07, 6.45) is -4.56. The summed E-state index contributed by atoms with van der Waals surface area (Å²) in [5.41, 5.74) is -0.578. The lowest BCUT2D eigenvalue weighted by molar-refractivity contribution is -0.137. The van der Waals surface area contributed by atoms with Crippen LogP contribution in [0, 0.1) is 0 Å². The predicted molar refractivity (Wildman–Crippen MR) is 109 cm³/mol. The zero-order valence-electron chi connectivity index (χ0n) is 15.8. The molecular weight excluding hydrogens is 441 g/mol. The van der Waals surface area contributed by atoms with Gasteiger partial charge in [-0.1, -0.05) is 35.5 Å². The molecule has 0 spiro atoms. The Morgan fingerprint density at radius 3 is 2.67 bits per heavy atom. The van der Waals surface area contributed by atoms with E-state index in [1.807, 2.05) is 0 Å². The first-order valence-corrected chi connectivity index (χ1v) is 9.89. The minimum Gasteiger partial charge on any atom is -0.496 e. The summed E-state index contributed by atoms with van der Waals surface area (Å²) < 4.78 is 46.1. The molecule has 2 aromatic carbocycles. The molecule has 6 nitrogen and oxygen atoms in total. The van der Waals surface area contributed by atoms with Gasteiger partial charge in [0.2, 0.25) is 5.91 Å². The molecule has 0 aliphatic carbocycles. The average Bonchev–Trinajstić information content (AvgIpc) is 3.06. The van der Waals surface area contributed by atoms with Crippen LogP contribution in [0.4, 0.5) is 18.9 Å². The maximum atomic E-state index is 13.1. The molecule has 1 N–H and O–H groups in total. The molecule has 0 radical (unpaired) electrons. The molecular formula is C19H16ClF3N4O2S. The van der Waals surface area contributed by atoms with Crippen molar-refractivity contribution >= 4 is 35.0 Å². The van der Waals surface area contributed by atoms with Crippen LogP contribution < -0.4 is 10.1 Å². The fourth-order valence-electron chi connectivity index (χ4n) is 2.69. The summed E-state index contributed by atoms with van der Waals surface area (Å²) in [7, 11) is 3.22. The van der Waals surface area contributed by atoms with Crippen molar-refractivity contribution in [1.29, 1.82) is 0 Å². The van der Waals surface area contributed by atoms with Crippen LogP contribution in [0.1, 0.15) is 5.56 Å². The Kier molecular flexibility index (Phi) is 6.57. The fourth-order valence-corrected chi connectivity index (χ4v) is 3.57. The molecule has 0 saturated heterocycles. The number of halogens is 4. The first-order chi connectivity index (χ1) is 14.2. The van der Waals surface area contributed by atoms with Crippen LogP contribution in [0.25, 0.3) is 11.4 Å². The number of benzene rings is 2. The van der Waals surface area contributed by atoms with Crippen molar-refractivity contribution < 1.29 is 22.7 Å². The van der Waals surface area contributed by atoms with Crippen LogP contribution >= 0.6 is 23.4 Å². The number of nitrogens with one attached hydrogen (secondary N) is 1. The molecule has 30 heavy (non-hydrogen) atoms. The Bertz CT molecular complexity index is 1070. The van der Waals surface area contributed by atoms with Gasteiger partial charge in [0.1, 0.15) is 5.75 Å². The van der Waals surface area contributed by atoms with E-state index >= 15 is 0 Å². The van der Waals surface area contributed by atoms with Gasteiger partial charge in [-0.05, 0) is 30.3 Å². The van der Waals surface area contributed by atoms with E-state index in [4.69, 9.17) is 16.3 Å². The van der Waals surface area contributed by atoms with E-state index < -0.39 is 17.6 Å². The summed E-state index contributed by atoms with van der Waals surface area (Å²) in [5.74, 6) is 0.277. The van der Waals surface area contributed by atoms with Crippen LogP contribution in [-0.2, 0) is 18.0 Å². The molecule has 0 fully saturated rings. The Balaban J connectivity index is 1.73. The third kappa shape index (κ3) is 4.88. The maximum absolute atomic E-state index is 13.1. The third-order valence-corrected chi connectivity index (χ3v) is 5.33. The second-order valence-corrected chi connectivity index (χ2v) is 7.47. The molecule has 1 aromatic heterocycles. The number of rotatable bonds is 6. The lowest BCUT2D eigenvalue weighted by atomic mass is 10.1. The number of hydrogen-bond acceptors (Lipinski definition) is 5. The van der Waals surface area contributed by atoms with E-state index in [0.29, 0.717) is 27.3 Å². The molecule has 0 unspecified atom stereocenters. The van der Waals surface area contributed by atoms with Gasteiger partial charge in [-0.15, -0.1) is 10.2 Å². The number of thioether (sulfide) groups is 1. The highest BCUT2D eigenvalue weighted by Gasteiger charge is 2.33. The highest BCUT2D eigenvalue weighted by Crippen LogP contribution is 2.35. The van der Waals surface area contributed by atoms with Crippen LogP contribution in [0.5, 0.6) is 5.75 Å². The molecule has 0 bridgehead atoms. The molecule has 0 atom stereocenters. The molecule has 1 amide bonds. The monoisotopic (exact) mass is 456 g/mol. The Morgan fingerprint density at radius 2 is 1.97 bits per heavy atom. The molecule has 3 aromatic rings. The number of alkyl halides is 3. The Morgan fingerprint density at radius 1 is 1.23 bits per heavy atom. The summed E-state index contributed by atoms with van der Waals surface area (Å²) in [6, 6.07) is 9.86. The largest absolute Gasteiger partial charge is 0.496 e. The lowest BCUT2D eigenvalue weighted by Gasteiger charge is -2.13. The molecule has 158 valence electrons. The number of para-hydroxylation sites is 1. The van der Waals surface area contributed by atoms with Gasteiger partial charge in [0.05, 0.1) is 29.7 Å². The Labute approximate surface area is 179 Å². The van der Waals surface area contributed by atoms with Crippen molar-refractivity contribution in [3.63, 3.8) is 0 Å². The standard InChI is InChI=1S/C19H16ClF3N4O2S/c1-27-17(12-9-11(20)7-8-15(12)29-2)25-26-18(27)30-10-16(28)24-14-6-4-3-5-13(14)19(21,22)23/h3-9H,10H2,1-2H3,(H,24,28). The number of aromatic nitrogens is 3. The molecule has 11 heteroatoms. The minimum atomic E-state index is -4.56. The second-order valence-electron chi connectivity index (χ2n) is 6.09. The third-order valence-electron chi connectivity index (χ3n) is 4.08. The van der Waals surface area contributed by atoms with Crippen LogP contribution in [0.2, 0.25) is 5.02 Å². The predicted octanol–water partition coefficient (Wildman–Crippen LogP) is 4.89. The summed E-state index contributed by atoms with van der Waals surface area (Å²) in [4.78, 5) is 12.2. The minimum absolute atomic E-state index is 0.148. The topological polar surface area (TPSA) is 69.0 Å². The van der Waals surface area contributed by atoms with E-state index in [-0.39, 0.29) is 11.4 Å². The number of ether oxygens (including phenoxy) is 1. The fraction of sp³-hybridized carbons (Fsp3) is 0.211. The van der Waals surface area contributed by atoms with E-state index in [1.165, 1.54) is 25.3 Å². The van der Waals surface area contributed by atoms with E-state index in [9.17, 15) is 18.0 Å². The molecule has 1 heterocycles. The highest BCUT2D eigenvalue weighted by atomic mass is 35.5. The zero-order valence-corrected chi connectivity index (χ0v) is 17.4. The number of hydrogen-bond donors (Lipinski definition) is 1. The summed E-state index contributed by atoms with van der Waals surface area (Å²) in [6.45, 7) is 0. The zero-order chi connectivity index (χ0) is 21.9. The van der Waals surface area contributed by atoms with E-state index in [0.717, 1.165) is 17.8 Å². The molecule has 0 saturated carbocycles. The van der Waals surface area contributed by atoms with Crippen LogP contribution in [0.15, 0.2) is 47.6 Å². The number of anilines is 1. The van der Waals surface area contributed by atoms with Crippen molar-refractivity contribution in [3.8, 4) is 17.1 Å². The Hall–Kier alpha value is -2.72. The van der Waals surface area contributed by atoms with Gasteiger partial charge in [-0.3, -0.25) is 4.79 Å². The van der Waals surface area contributed by atoms with Gasteiger partial charge in [-0.25, -0.2) is 0 Å². The van der Waals surface area contributed by atoms with Crippen LogP contribution in [-0.4, -0.2) is 33.5 Å². The first kappa shape index (κ1) is 22.0. The normalized spacial score (nSPS) is 11.4. The number of amides is 1. The maximum Gasteiger partial charge on any atom is 0.418 e. The van der Waals surface area contributed by atoms with Crippen molar-refractivity contribution in [1.82, 2.24) is 14.8 Å². The van der Waals surface area contributed by atoms with E-state index in [1.54, 1.807) is 29.8 Å².